The first-order valence-electron chi connectivity index (χ1n) is 4.90. The summed E-state index contributed by atoms with van der Waals surface area (Å²) in [6.07, 6.45) is 0. The van der Waals surface area contributed by atoms with E-state index in [4.69, 9.17) is 11.6 Å². The molecule has 2 heterocycles. The lowest BCUT2D eigenvalue weighted by Gasteiger charge is -2.11. The smallest absolute Gasteiger partial charge is 0.196 e. The molecule has 0 saturated heterocycles. The minimum atomic E-state index is -0.196. The van der Waals surface area contributed by atoms with Crippen molar-refractivity contribution in [2.45, 2.75) is 13.5 Å². The molecule has 7 heteroatoms. The molecule has 0 aliphatic carbocycles. The van der Waals surface area contributed by atoms with Crippen LogP contribution in [0.4, 0.5) is 5.69 Å². The van der Waals surface area contributed by atoms with Crippen LogP contribution < -0.4 is 10.6 Å². The Hall–Kier alpha value is -1.40. The number of nitrogens with zero attached hydrogens (tertiary/aromatic N) is 3. The third-order valence-electron chi connectivity index (χ3n) is 2.12. The molecule has 16 heavy (non-hydrogen) atoms. The van der Waals surface area contributed by atoms with Gasteiger partial charge in [0.15, 0.2) is 11.1 Å². The molecule has 0 spiro atoms. The largest absolute Gasteiger partial charge is 0.390 e. The van der Waals surface area contributed by atoms with Gasteiger partial charge in [0, 0.05) is 6.54 Å². The zero-order valence-corrected chi connectivity index (χ0v) is 9.54. The Morgan fingerprint density at radius 1 is 1.50 bits per heavy atom. The quantitative estimate of drug-likeness (QED) is 0.649. The normalized spacial score (nSPS) is 14.6. The van der Waals surface area contributed by atoms with Crippen LogP contribution >= 0.6 is 11.6 Å². The number of halogens is 1. The highest BCUT2D eigenvalue weighted by Gasteiger charge is 2.14. The lowest BCUT2D eigenvalue weighted by molar-refractivity contribution is 0.277. The third kappa shape index (κ3) is 2.23. The van der Waals surface area contributed by atoms with E-state index in [1.807, 2.05) is 0 Å². The molecule has 0 bridgehead atoms. The topological polar surface area (TPSA) is 82.4 Å². The molecule has 0 atom stereocenters. The fourth-order valence-corrected chi connectivity index (χ4v) is 1.71. The number of aliphatic hydroxyl groups is 1. The van der Waals surface area contributed by atoms with E-state index >= 15 is 0 Å². The Kier molecular flexibility index (Phi) is 3.21. The van der Waals surface area contributed by atoms with Gasteiger partial charge >= 0.3 is 0 Å². The molecule has 1 aliphatic heterocycles. The SMILES string of the molecule is Cc1nc(Cl)c(NC2=NCCN2)c(CO)n1. The number of aliphatic imine (C=N–C) groups is 1. The van der Waals surface area contributed by atoms with Crippen LogP contribution in [0.5, 0.6) is 0 Å². The molecule has 6 nitrogen and oxygen atoms in total. The maximum Gasteiger partial charge on any atom is 0.196 e. The molecule has 1 aromatic heterocycles. The molecule has 0 fully saturated rings. The van der Waals surface area contributed by atoms with Gasteiger partial charge in [-0.2, -0.15) is 0 Å². The summed E-state index contributed by atoms with van der Waals surface area (Å²) >= 11 is 5.98. The van der Waals surface area contributed by atoms with E-state index in [0.29, 0.717) is 23.2 Å². The Balaban J connectivity index is 2.31. The maximum atomic E-state index is 9.19. The molecule has 0 amide bonds. The van der Waals surface area contributed by atoms with Crippen LogP contribution in [0.3, 0.4) is 0 Å². The van der Waals surface area contributed by atoms with Crippen LogP contribution in [-0.4, -0.2) is 34.1 Å². The van der Waals surface area contributed by atoms with Crippen molar-refractivity contribution in [1.29, 1.82) is 0 Å². The van der Waals surface area contributed by atoms with Gasteiger partial charge in [0.2, 0.25) is 0 Å². The minimum Gasteiger partial charge on any atom is -0.390 e. The van der Waals surface area contributed by atoms with Gasteiger partial charge < -0.3 is 15.7 Å². The maximum absolute atomic E-state index is 9.19. The number of aryl methyl sites for hydroxylation is 1. The first-order valence-corrected chi connectivity index (χ1v) is 5.27. The van der Waals surface area contributed by atoms with E-state index in [1.165, 1.54) is 0 Å². The summed E-state index contributed by atoms with van der Waals surface area (Å²) in [6, 6.07) is 0. The molecule has 0 aromatic carbocycles. The van der Waals surface area contributed by atoms with E-state index < -0.39 is 0 Å². The van der Waals surface area contributed by atoms with Gasteiger partial charge in [-0.05, 0) is 6.92 Å². The van der Waals surface area contributed by atoms with Crippen LogP contribution in [0.1, 0.15) is 11.5 Å². The van der Waals surface area contributed by atoms with Crippen molar-refractivity contribution < 1.29 is 5.11 Å². The Morgan fingerprint density at radius 2 is 2.31 bits per heavy atom. The molecule has 1 aliphatic rings. The van der Waals surface area contributed by atoms with Gasteiger partial charge in [-0.1, -0.05) is 11.6 Å². The lowest BCUT2D eigenvalue weighted by atomic mass is 10.3. The molecule has 3 N–H and O–H groups in total. The van der Waals surface area contributed by atoms with Crippen LogP contribution in [-0.2, 0) is 6.61 Å². The average Bonchev–Trinajstić information content (AvgIpc) is 2.74. The van der Waals surface area contributed by atoms with Crippen molar-refractivity contribution in [3.8, 4) is 0 Å². The van der Waals surface area contributed by atoms with Gasteiger partial charge in [-0.3, -0.25) is 4.99 Å². The highest BCUT2D eigenvalue weighted by atomic mass is 35.5. The minimum absolute atomic E-state index is 0.196. The Labute approximate surface area is 97.8 Å². The summed E-state index contributed by atoms with van der Waals surface area (Å²) in [5.74, 6) is 1.16. The fourth-order valence-electron chi connectivity index (χ4n) is 1.43. The standard InChI is InChI=1S/C9H12ClN5O/c1-5-13-6(4-16)7(8(10)14-5)15-9-11-2-3-12-9/h16H,2-4H2,1H3,(H2,11,12,15). The number of hydrogen-bond donors (Lipinski definition) is 3. The van der Waals surface area contributed by atoms with E-state index in [0.717, 1.165) is 13.1 Å². The van der Waals surface area contributed by atoms with Crippen molar-refractivity contribution in [3.05, 3.63) is 16.7 Å². The predicted molar refractivity (Wildman–Crippen MR) is 61.6 cm³/mol. The molecule has 2 rings (SSSR count). The van der Waals surface area contributed by atoms with Crippen LogP contribution in [0.25, 0.3) is 0 Å². The number of anilines is 1. The molecule has 1 aromatic rings. The zero-order chi connectivity index (χ0) is 11.5. The number of aliphatic hydroxyl groups excluding tert-OH is 1. The predicted octanol–water partition coefficient (Wildman–Crippen LogP) is 0.302. The number of nitrogens with one attached hydrogen (secondary N) is 2. The van der Waals surface area contributed by atoms with Crippen LogP contribution in [0.2, 0.25) is 5.15 Å². The molecule has 0 unspecified atom stereocenters. The Morgan fingerprint density at radius 3 is 2.94 bits per heavy atom. The third-order valence-corrected chi connectivity index (χ3v) is 2.39. The molecular weight excluding hydrogens is 230 g/mol. The number of hydrogen-bond acceptors (Lipinski definition) is 6. The van der Waals surface area contributed by atoms with Gasteiger partial charge in [-0.15, -0.1) is 0 Å². The molecule has 86 valence electrons. The first kappa shape index (κ1) is 11.1. The van der Waals surface area contributed by atoms with Gasteiger partial charge in [-0.25, -0.2) is 9.97 Å². The second kappa shape index (κ2) is 4.63. The molecular formula is C9H12ClN5O. The summed E-state index contributed by atoms with van der Waals surface area (Å²) in [4.78, 5) is 12.3. The zero-order valence-electron chi connectivity index (χ0n) is 8.79. The van der Waals surface area contributed by atoms with Crippen molar-refractivity contribution in [1.82, 2.24) is 15.3 Å². The first-order chi connectivity index (χ1) is 7.70. The molecule has 0 radical (unpaired) electrons. The summed E-state index contributed by atoms with van der Waals surface area (Å²) in [6.45, 7) is 3.04. The number of rotatable bonds is 2. The van der Waals surface area contributed by atoms with Crippen molar-refractivity contribution in [3.63, 3.8) is 0 Å². The van der Waals surface area contributed by atoms with Crippen LogP contribution in [0, 0.1) is 6.92 Å². The second-order valence-electron chi connectivity index (χ2n) is 3.32. The summed E-state index contributed by atoms with van der Waals surface area (Å²) in [5.41, 5.74) is 0.969. The van der Waals surface area contributed by atoms with Gasteiger partial charge in [0.1, 0.15) is 11.5 Å². The van der Waals surface area contributed by atoms with Crippen molar-refractivity contribution >= 4 is 23.2 Å². The number of guanidine groups is 1. The Bertz CT molecular complexity index is 434. The highest BCUT2D eigenvalue weighted by Crippen LogP contribution is 2.23. The second-order valence-corrected chi connectivity index (χ2v) is 3.68. The average molecular weight is 242 g/mol. The highest BCUT2D eigenvalue weighted by molar-refractivity contribution is 6.32. The summed E-state index contributed by atoms with van der Waals surface area (Å²) in [7, 11) is 0. The van der Waals surface area contributed by atoms with Gasteiger partial charge in [0.25, 0.3) is 0 Å². The lowest BCUT2D eigenvalue weighted by Crippen LogP contribution is -2.27. The fraction of sp³-hybridized carbons (Fsp3) is 0.444. The monoisotopic (exact) mass is 241 g/mol. The number of aromatic nitrogens is 2. The van der Waals surface area contributed by atoms with Gasteiger partial charge in [0.05, 0.1) is 18.8 Å². The van der Waals surface area contributed by atoms with Crippen molar-refractivity contribution in [2.75, 3.05) is 18.4 Å². The van der Waals surface area contributed by atoms with Crippen LogP contribution in [0.15, 0.2) is 4.99 Å². The van der Waals surface area contributed by atoms with E-state index in [9.17, 15) is 5.11 Å². The summed E-state index contributed by atoms with van der Waals surface area (Å²) < 4.78 is 0. The van der Waals surface area contributed by atoms with E-state index in [2.05, 4.69) is 25.6 Å². The summed E-state index contributed by atoms with van der Waals surface area (Å²) in [5, 5.41) is 15.5. The molecule has 0 saturated carbocycles. The van der Waals surface area contributed by atoms with E-state index in [-0.39, 0.29) is 11.8 Å². The van der Waals surface area contributed by atoms with E-state index in [1.54, 1.807) is 6.92 Å². The van der Waals surface area contributed by atoms with Crippen molar-refractivity contribution in [2.24, 2.45) is 4.99 Å².